The molecule has 130 valence electrons. The van der Waals surface area contributed by atoms with E-state index in [1.54, 1.807) is 24.3 Å². The largest absolute Gasteiger partial charge is 0.301 e. The summed E-state index contributed by atoms with van der Waals surface area (Å²) in [4.78, 5) is 16.5. The summed E-state index contributed by atoms with van der Waals surface area (Å²) >= 11 is 1.35. The van der Waals surface area contributed by atoms with Crippen LogP contribution in [0.15, 0.2) is 42.5 Å². The zero-order valence-electron chi connectivity index (χ0n) is 13.9. The SMILES string of the molecule is Cc1cc(C)c2sc(NC(=O)CS(=O)(=O)Cc3ccccc3)nc2c1. The third-order valence-electron chi connectivity index (χ3n) is 3.65. The highest BCUT2D eigenvalue weighted by Crippen LogP contribution is 2.29. The molecule has 25 heavy (non-hydrogen) atoms. The lowest BCUT2D eigenvalue weighted by Crippen LogP contribution is -2.23. The van der Waals surface area contributed by atoms with E-state index in [0.29, 0.717) is 10.7 Å². The second-order valence-electron chi connectivity index (χ2n) is 6.02. The summed E-state index contributed by atoms with van der Waals surface area (Å²) in [5, 5.41) is 3.03. The van der Waals surface area contributed by atoms with Gasteiger partial charge in [0.2, 0.25) is 5.91 Å². The number of fused-ring (bicyclic) bond motifs is 1. The molecule has 0 spiro atoms. The molecule has 0 unspecified atom stereocenters. The zero-order chi connectivity index (χ0) is 18.0. The summed E-state index contributed by atoms with van der Waals surface area (Å²) < 4.78 is 25.4. The van der Waals surface area contributed by atoms with Gasteiger partial charge in [0.15, 0.2) is 15.0 Å². The molecule has 0 bridgehead atoms. The standard InChI is InChI=1S/C18H18N2O3S2/c1-12-8-13(2)17-15(9-12)19-18(24-17)20-16(21)11-25(22,23)10-14-6-4-3-5-7-14/h3-9H,10-11H2,1-2H3,(H,19,20,21). The minimum Gasteiger partial charge on any atom is -0.301 e. The fourth-order valence-corrected chi connectivity index (χ4v) is 4.87. The summed E-state index contributed by atoms with van der Waals surface area (Å²) in [7, 11) is -3.53. The van der Waals surface area contributed by atoms with Crippen LogP contribution < -0.4 is 5.32 Å². The highest BCUT2D eigenvalue weighted by Gasteiger charge is 2.19. The van der Waals surface area contributed by atoms with Gasteiger partial charge in [-0.3, -0.25) is 4.79 Å². The summed E-state index contributed by atoms with van der Waals surface area (Å²) in [6.07, 6.45) is 0. The van der Waals surface area contributed by atoms with E-state index in [1.165, 1.54) is 11.3 Å². The lowest BCUT2D eigenvalue weighted by molar-refractivity contribution is -0.113. The predicted octanol–water partition coefficient (Wildman–Crippen LogP) is 3.47. The van der Waals surface area contributed by atoms with Gasteiger partial charge in [-0.05, 0) is 36.6 Å². The Kier molecular flexibility index (Phi) is 4.87. The quantitative estimate of drug-likeness (QED) is 0.742. The first-order valence-corrected chi connectivity index (χ1v) is 10.4. The van der Waals surface area contributed by atoms with Gasteiger partial charge in [0.1, 0.15) is 5.75 Å². The van der Waals surface area contributed by atoms with Crippen LogP contribution in [0, 0.1) is 13.8 Å². The Morgan fingerprint density at radius 2 is 1.88 bits per heavy atom. The molecule has 0 fully saturated rings. The molecule has 0 saturated carbocycles. The normalized spacial score (nSPS) is 11.6. The first-order chi connectivity index (χ1) is 11.8. The van der Waals surface area contributed by atoms with Crippen molar-refractivity contribution in [1.29, 1.82) is 0 Å². The molecule has 1 amide bonds. The smallest absolute Gasteiger partial charge is 0.241 e. The van der Waals surface area contributed by atoms with Gasteiger partial charge < -0.3 is 5.32 Å². The maximum Gasteiger partial charge on any atom is 0.241 e. The van der Waals surface area contributed by atoms with Crippen LogP contribution in [-0.2, 0) is 20.4 Å². The van der Waals surface area contributed by atoms with Crippen molar-refractivity contribution in [2.24, 2.45) is 0 Å². The number of nitrogens with zero attached hydrogens (tertiary/aromatic N) is 1. The van der Waals surface area contributed by atoms with Crippen molar-refractivity contribution in [3.63, 3.8) is 0 Å². The molecule has 7 heteroatoms. The molecule has 1 heterocycles. The van der Waals surface area contributed by atoms with Gasteiger partial charge >= 0.3 is 0 Å². The minimum atomic E-state index is -3.53. The second-order valence-corrected chi connectivity index (χ2v) is 9.08. The Hall–Kier alpha value is -2.25. The molecule has 0 aliphatic rings. The number of rotatable bonds is 5. The van der Waals surface area contributed by atoms with Crippen LogP contribution in [-0.4, -0.2) is 25.1 Å². The van der Waals surface area contributed by atoms with Crippen LogP contribution in [0.4, 0.5) is 5.13 Å². The zero-order valence-corrected chi connectivity index (χ0v) is 15.6. The monoisotopic (exact) mass is 374 g/mol. The van der Waals surface area contributed by atoms with Crippen molar-refractivity contribution < 1.29 is 13.2 Å². The maximum atomic E-state index is 12.2. The molecule has 2 aromatic carbocycles. The summed E-state index contributed by atoms with van der Waals surface area (Å²) in [5.74, 6) is -1.28. The van der Waals surface area contributed by atoms with Crippen LogP contribution in [0.5, 0.6) is 0 Å². The Morgan fingerprint density at radius 1 is 1.16 bits per heavy atom. The molecule has 0 atom stereocenters. The van der Waals surface area contributed by atoms with E-state index in [2.05, 4.69) is 16.4 Å². The Balaban J connectivity index is 1.71. The second kappa shape index (κ2) is 6.93. The molecule has 3 aromatic rings. The van der Waals surface area contributed by atoms with Crippen LogP contribution in [0.1, 0.15) is 16.7 Å². The summed E-state index contributed by atoms with van der Waals surface area (Å²) in [6.45, 7) is 3.98. The van der Waals surface area contributed by atoms with E-state index >= 15 is 0 Å². The molecular weight excluding hydrogens is 356 g/mol. The molecule has 5 nitrogen and oxygen atoms in total. The number of hydrogen-bond donors (Lipinski definition) is 1. The van der Waals surface area contributed by atoms with E-state index in [1.807, 2.05) is 26.0 Å². The fraction of sp³-hybridized carbons (Fsp3) is 0.222. The number of carbonyl (C=O) groups excluding carboxylic acids is 1. The average molecular weight is 374 g/mol. The van der Waals surface area contributed by atoms with Gasteiger partial charge in [-0.15, -0.1) is 0 Å². The van der Waals surface area contributed by atoms with Gasteiger partial charge in [-0.25, -0.2) is 13.4 Å². The molecule has 1 N–H and O–H groups in total. The fourth-order valence-electron chi connectivity index (χ4n) is 2.66. The van der Waals surface area contributed by atoms with Crippen molar-refractivity contribution in [1.82, 2.24) is 4.98 Å². The van der Waals surface area contributed by atoms with Gasteiger partial charge in [0, 0.05) is 0 Å². The molecule has 0 aliphatic carbocycles. The van der Waals surface area contributed by atoms with E-state index in [9.17, 15) is 13.2 Å². The van der Waals surface area contributed by atoms with Crippen molar-refractivity contribution in [2.45, 2.75) is 19.6 Å². The van der Waals surface area contributed by atoms with E-state index in [4.69, 9.17) is 0 Å². The van der Waals surface area contributed by atoms with Crippen molar-refractivity contribution >= 4 is 42.4 Å². The highest BCUT2D eigenvalue weighted by atomic mass is 32.2. The number of anilines is 1. The number of hydrogen-bond acceptors (Lipinski definition) is 5. The lowest BCUT2D eigenvalue weighted by atomic mass is 10.1. The number of aromatic nitrogens is 1. The van der Waals surface area contributed by atoms with Gasteiger partial charge in [0.25, 0.3) is 0 Å². The molecular formula is C18H18N2O3S2. The number of thiazole rings is 1. The number of nitrogens with one attached hydrogen (secondary N) is 1. The van der Waals surface area contributed by atoms with E-state index in [-0.39, 0.29) is 5.75 Å². The van der Waals surface area contributed by atoms with Gasteiger partial charge in [-0.1, -0.05) is 47.7 Å². The van der Waals surface area contributed by atoms with Gasteiger partial charge in [0.05, 0.1) is 16.0 Å². The van der Waals surface area contributed by atoms with Gasteiger partial charge in [-0.2, -0.15) is 0 Å². The van der Waals surface area contributed by atoms with Crippen LogP contribution >= 0.6 is 11.3 Å². The van der Waals surface area contributed by atoms with Crippen LogP contribution in [0.25, 0.3) is 10.2 Å². The molecule has 3 rings (SSSR count). The Labute approximate surface area is 150 Å². The third-order valence-corrected chi connectivity index (χ3v) is 6.24. The molecule has 1 aromatic heterocycles. The predicted molar refractivity (Wildman–Crippen MR) is 102 cm³/mol. The van der Waals surface area contributed by atoms with Crippen LogP contribution in [0.2, 0.25) is 0 Å². The number of sulfone groups is 1. The van der Waals surface area contributed by atoms with Crippen molar-refractivity contribution in [3.8, 4) is 0 Å². The number of carbonyl (C=O) groups is 1. The Morgan fingerprint density at radius 3 is 2.60 bits per heavy atom. The first-order valence-electron chi connectivity index (χ1n) is 7.74. The number of aryl methyl sites for hydroxylation is 2. The third kappa shape index (κ3) is 4.43. The number of benzene rings is 2. The van der Waals surface area contributed by atoms with E-state index in [0.717, 1.165) is 21.3 Å². The van der Waals surface area contributed by atoms with Crippen LogP contribution in [0.3, 0.4) is 0 Å². The lowest BCUT2D eigenvalue weighted by Gasteiger charge is -2.04. The summed E-state index contributed by atoms with van der Waals surface area (Å²) in [6, 6.07) is 12.8. The summed E-state index contributed by atoms with van der Waals surface area (Å²) in [5.41, 5.74) is 3.66. The molecule has 0 saturated heterocycles. The Bertz CT molecular complexity index is 1030. The minimum absolute atomic E-state index is 0.153. The van der Waals surface area contributed by atoms with E-state index < -0.39 is 21.5 Å². The number of amides is 1. The molecule has 0 radical (unpaired) electrons. The molecule has 0 aliphatic heterocycles. The van der Waals surface area contributed by atoms with Crippen molar-refractivity contribution in [2.75, 3.05) is 11.1 Å². The first kappa shape index (κ1) is 17.6. The topological polar surface area (TPSA) is 76.1 Å². The van der Waals surface area contributed by atoms with Crippen molar-refractivity contribution in [3.05, 3.63) is 59.2 Å². The maximum absolute atomic E-state index is 12.2. The average Bonchev–Trinajstić information content (AvgIpc) is 2.89. The highest BCUT2D eigenvalue weighted by molar-refractivity contribution is 7.91.